The Morgan fingerprint density at radius 1 is 1.30 bits per heavy atom. The van der Waals surface area contributed by atoms with Gasteiger partial charge in [-0.05, 0) is 25.3 Å². The molecule has 27 heavy (non-hydrogen) atoms. The number of ether oxygens (including phenoxy) is 1. The Morgan fingerprint density at radius 3 is 2.59 bits per heavy atom. The summed E-state index contributed by atoms with van der Waals surface area (Å²) in [7, 11) is 0. The lowest BCUT2D eigenvalue weighted by atomic mass is 10.1. The van der Waals surface area contributed by atoms with Gasteiger partial charge in [-0.2, -0.15) is 0 Å². The average molecular weight is 379 g/mol. The summed E-state index contributed by atoms with van der Waals surface area (Å²) in [6.45, 7) is 4.47. The Morgan fingerprint density at radius 2 is 1.96 bits per heavy atom. The first-order valence-electron chi connectivity index (χ1n) is 9.01. The summed E-state index contributed by atoms with van der Waals surface area (Å²) < 4.78 is 5.29. The Kier molecular flexibility index (Phi) is 7.54. The number of nitrogens with one attached hydrogen (secondary N) is 1. The van der Waals surface area contributed by atoms with Crippen LogP contribution < -0.4 is 5.56 Å². The van der Waals surface area contributed by atoms with Crippen LogP contribution in [0.2, 0.25) is 0 Å². The van der Waals surface area contributed by atoms with E-state index in [0.717, 1.165) is 6.42 Å². The van der Waals surface area contributed by atoms with E-state index in [1.807, 2.05) is 6.92 Å². The largest absolute Gasteiger partial charge is 0.483 e. The van der Waals surface area contributed by atoms with Gasteiger partial charge in [0.1, 0.15) is 6.04 Å². The molecule has 2 amide bonds. The summed E-state index contributed by atoms with van der Waals surface area (Å²) in [6, 6.07) is 2.52. The fourth-order valence-corrected chi connectivity index (χ4v) is 3.41. The number of morpholine rings is 1. The van der Waals surface area contributed by atoms with Crippen LogP contribution in [0.1, 0.15) is 35.8 Å². The van der Waals surface area contributed by atoms with Crippen molar-refractivity contribution in [3.05, 3.63) is 33.7 Å². The number of nitrogens with zero attached hydrogens (tertiary/aromatic N) is 2. The number of amides is 2. The second kappa shape index (κ2) is 9.86. The van der Waals surface area contributed by atoms with Crippen molar-refractivity contribution in [3.8, 4) is 0 Å². The number of pyridine rings is 1. The highest BCUT2D eigenvalue weighted by Crippen LogP contribution is 2.23. The molecule has 2 aliphatic heterocycles. The summed E-state index contributed by atoms with van der Waals surface area (Å²) in [5.74, 6) is -0.168. The van der Waals surface area contributed by atoms with Crippen LogP contribution in [0.15, 0.2) is 16.9 Å². The molecule has 2 aliphatic rings. The molecule has 0 spiro atoms. The molecule has 3 rings (SSSR count). The number of hydrogen-bond acceptors (Lipinski definition) is 5. The molecule has 0 aromatic carbocycles. The molecule has 0 unspecified atom stereocenters. The molecule has 0 aliphatic carbocycles. The molecule has 0 saturated carbocycles. The number of hydrogen-bond donors (Lipinski definition) is 2. The number of carbonyl (C=O) groups excluding carboxylic acids is 2. The van der Waals surface area contributed by atoms with Gasteiger partial charge in [0, 0.05) is 31.4 Å². The zero-order valence-electron chi connectivity index (χ0n) is 15.3. The third-order valence-electron chi connectivity index (χ3n) is 4.71. The number of aromatic amines is 1. The highest BCUT2D eigenvalue weighted by atomic mass is 16.5. The van der Waals surface area contributed by atoms with Crippen molar-refractivity contribution in [2.45, 2.75) is 32.2 Å². The second-order valence-electron chi connectivity index (χ2n) is 6.27. The van der Waals surface area contributed by atoms with E-state index in [9.17, 15) is 14.4 Å². The highest BCUT2D eigenvalue weighted by molar-refractivity contribution is 5.98. The maximum Gasteiger partial charge on any atom is 0.290 e. The average Bonchev–Trinajstić information content (AvgIpc) is 3.18. The van der Waals surface area contributed by atoms with E-state index in [1.165, 1.54) is 6.07 Å². The monoisotopic (exact) mass is 379 g/mol. The number of carbonyl (C=O) groups is 3. The van der Waals surface area contributed by atoms with Gasteiger partial charge in [-0.3, -0.25) is 19.2 Å². The van der Waals surface area contributed by atoms with Gasteiger partial charge in [0.2, 0.25) is 11.5 Å². The molecule has 0 bridgehead atoms. The Hall–Kier alpha value is -2.68. The van der Waals surface area contributed by atoms with Crippen LogP contribution in [0, 0.1) is 0 Å². The predicted octanol–water partition coefficient (Wildman–Crippen LogP) is 0.102. The summed E-state index contributed by atoms with van der Waals surface area (Å²) in [6.07, 6.45) is 2.07. The van der Waals surface area contributed by atoms with Crippen LogP contribution in [-0.2, 0) is 20.7 Å². The topological polar surface area (TPSA) is 120 Å². The molecule has 1 atom stereocenters. The van der Waals surface area contributed by atoms with Gasteiger partial charge in [0.05, 0.1) is 18.8 Å². The first kappa shape index (κ1) is 20.6. The molecule has 9 nitrogen and oxygen atoms in total. The van der Waals surface area contributed by atoms with Crippen molar-refractivity contribution in [3.63, 3.8) is 0 Å². The number of rotatable bonds is 3. The molecule has 1 aromatic heterocycles. The third-order valence-corrected chi connectivity index (χ3v) is 4.71. The molecular weight excluding hydrogens is 354 g/mol. The van der Waals surface area contributed by atoms with Crippen molar-refractivity contribution in [2.75, 3.05) is 32.8 Å². The Labute approximate surface area is 156 Å². The first-order chi connectivity index (χ1) is 13.0. The summed E-state index contributed by atoms with van der Waals surface area (Å²) in [5.41, 5.74) is 0.890. The minimum Gasteiger partial charge on any atom is -0.483 e. The van der Waals surface area contributed by atoms with E-state index in [1.54, 1.807) is 15.9 Å². The Bertz CT molecular complexity index is 726. The molecule has 148 valence electrons. The van der Waals surface area contributed by atoms with Gasteiger partial charge in [0.25, 0.3) is 12.4 Å². The van der Waals surface area contributed by atoms with Gasteiger partial charge in [-0.25, -0.2) is 0 Å². The van der Waals surface area contributed by atoms with Crippen molar-refractivity contribution < 1.29 is 24.2 Å². The predicted molar refractivity (Wildman–Crippen MR) is 96.6 cm³/mol. The normalized spacial score (nSPS) is 19.2. The van der Waals surface area contributed by atoms with E-state index >= 15 is 0 Å². The second-order valence-corrected chi connectivity index (χ2v) is 6.27. The fourth-order valence-electron chi connectivity index (χ4n) is 3.41. The molecule has 9 heteroatoms. The van der Waals surface area contributed by atoms with Gasteiger partial charge in [-0.15, -0.1) is 0 Å². The molecule has 0 radical (unpaired) electrons. The zero-order valence-corrected chi connectivity index (χ0v) is 15.3. The number of carboxylic acid groups (broad SMARTS) is 1. The van der Waals surface area contributed by atoms with Crippen LogP contribution in [0.25, 0.3) is 0 Å². The standard InChI is InChI=1S/C17H23N3O4.CH2O2/c1-2-13-12(5-6-15(21)18-13)16(22)20-7-3-4-14(20)17(23)19-8-10-24-11-9-19;2-1-3/h5-6,14H,2-4,7-11H2,1H3,(H,18,21);1H,(H,2,3)/t14-;/m0./s1. The lowest BCUT2D eigenvalue weighted by Gasteiger charge is -2.32. The van der Waals surface area contributed by atoms with Gasteiger partial charge in [0.15, 0.2) is 0 Å². The van der Waals surface area contributed by atoms with Crippen molar-refractivity contribution >= 4 is 18.3 Å². The molecule has 3 heterocycles. The SMILES string of the molecule is CCc1[nH]c(=O)ccc1C(=O)N1CCC[C@H]1C(=O)N1CCOCC1.O=CO. The lowest BCUT2D eigenvalue weighted by molar-refractivity contribution is -0.139. The van der Waals surface area contributed by atoms with E-state index in [4.69, 9.17) is 14.6 Å². The smallest absolute Gasteiger partial charge is 0.290 e. The summed E-state index contributed by atoms with van der Waals surface area (Å²) >= 11 is 0. The van der Waals surface area contributed by atoms with E-state index in [0.29, 0.717) is 56.9 Å². The molecule has 2 N–H and O–H groups in total. The molecular formula is C18H25N3O6. The van der Waals surface area contributed by atoms with Gasteiger partial charge < -0.3 is 24.6 Å². The van der Waals surface area contributed by atoms with E-state index < -0.39 is 6.04 Å². The van der Waals surface area contributed by atoms with E-state index in [-0.39, 0.29) is 23.8 Å². The lowest BCUT2D eigenvalue weighted by Crippen LogP contribution is -2.51. The van der Waals surface area contributed by atoms with Crippen LogP contribution in [0.3, 0.4) is 0 Å². The minimum absolute atomic E-state index is 0.00613. The van der Waals surface area contributed by atoms with Crippen LogP contribution >= 0.6 is 0 Å². The first-order valence-corrected chi connectivity index (χ1v) is 9.01. The maximum absolute atomic E-state index is 12.9. The number of aryl methyl sites for hydroxylation is 1. The van der Waals surface area contributed by atoms with Crippen molar-refractivity contribution in [1.82, 2.24) is 14.8 Å². The van der Waals surface area contributed by atoms with Gasteiger partial charge in [-0.1, -0.05) is 6.92 Å². The molecule has 2 fully saturated rings. The van der Waals surface area contributed by atoms with Gasteiger partial charge >= 0.3 is 0 Å². The number of aromatic nitrogens is 1. The minimum atomic E-state index is -0.410. The van der Waals surface area contributed by atoms with Crippen LogP contribution in [-0.4, -0.2) is 77.1 Å². The highest BCUT2D eigenvalue weighted by Gasteiger charge is 2.37. The maximum atomic E-state index is 12.9. The zero-order chi connectivity index (χ0) is 19.8. The van der Waals surface area contributed by atoms with Crippen LogP contribution in [0.4, 0.5) is 0 Å². The Balaban J connectivity index is 0.000000817. The quantitative estimate of drug-likeness (QED) is 0.719. The van der Waals surface area contributed by atoms with E-state index in [2.05, 4.69) is 4.98 Å². The number of likely N-dealkylation sites (tertiary alicyclic amines) is 1. The van der Waals surface area contributed by atoms with Crippen molar-refractivity contribution in [2.24, 2.45) is 0 Å². The molecule has 2 saturated heterocycles. The van der Waals surface area contributed by atoms with Crippen molar-refractivity contribution in [1.29, 1.82) is 0 Å². The third kappa shape index (κ3) is 4.94. The summed E-state index contributed by atoms with van der Waals surface area (Å²) in [4.78, 5) is 51.7. The summed E-state index contributed by atoms with van der Waals surface area (Å²) in [5, 5.41) is 6.89. The fraction of sp³-hybridized carbons (Fsp3) is 0.556. The van der Waals surface area contributed by atoms with Crippen LogP contribution in [0.5, 0.6) is 0 Å². The number of H-pyrrole nitrogens is 1. The molecule has 1 aromatic rings.